The summed E-state index contributed by atoms with van der Waals surface area (Å²) in [6, 6.07) is 8.47. The standard InChI is InChI=1S/C13H22N2O/c1-4-15(5-2)13-8-6-12(7-9-13)14(3)10-11-16/h6-9,16H,4-5,10-11H2,1-3H3. The Morgan fingerprint density at radius 2 is 1.50 bits per heavy atom. The Bertz CT molecular complexity index is 293. The lowest BCUT2D eigenvalue weighted by molar-refractivity contribution is 0.304. The highest BCUT2D eigenvalue weighted by atomic mass is 16.3. The van der Waals surface area contributed by atoms with Gasteiger partial charge in [-0.05, 0) is 38.1 Å². The molecule has 90 valence electrons. The van der Waals surface area contributed by atoms with E-state index in [0.29, 0.717) is 6.54 Å². The zero-order chi connectivity index (χ0) is 12.0. The van der Waals surface area contributed by atoms with Crippen molar-refractivity contribution in [3.63, 3.8) is 0 Å². The van der Waals surface area contributed by atoms with E-state index in [0.717, 1.165) is 18.8 Å². The van der Waals surface area contributed by atoms with Crippen LogP contribution in [0.5, 0.6) is 0 Å². The highest BCUT2D eigenvalue weighted by Gasteiger charge is 2.03. The Morgan fingerprint density at radius 1 is 1.00 bits per heavy atom. The van der Waals surface area contributed by atoms with Crippen molar-refractivity contribution in [2.75, 3.05) is 43.1 Å². The first-order valence-electron chi connectivity index (χ1n) is 5.89. The monoisotopic (exact) mass is 222 g/mol. The third kappa shape index (κ3) is 3.14. The molecule has 0 unspecified atom stereocenters. The summed E-state index contributed by atoms with van der Waals surface area (Å²) in [6.45, 7) is 7.24. The van der Waals surface area contributed by atoms with Gasteiger partial charge in [0.05, 0.1) is 6.61 Å². The van der Waals surface area contributed by atoms with Gasteiger partial charge in [0.1, 0.15) is 0 Å². The van der Waals surface area contributed by atoms with E-state index < -0.39 is 0 Å². The van der Waals surface area contributed by atoms with Gasteiger partial charge in [-0.3, -0.25) is 0 Å². The number of likely N-dealkylation sites (N-methyl/N-ethyl adjacent to an activating group) is 1. The van der Waals surface area contributed by atoms with Crippen LogP contribution in [0.15, 0.2) is 24.3 Å². The molecule has 1 rings (SSSR count). The van der Waals surface area contributed by atoms with Gasteiger partial charge in [0, 0.05) is 38.1 Å². The average Bonchev–Trinajstić information content (AvgIpc) is 2.32. The van der Waals surface area contributed by atoms with E-state index in [1.165, 1.54) is 5.69 Å². The smallest absolute Gasteiger partial charge is 0.0606 e. The summed E-state index contributed by atoms with van der Waals surface area (Å²) < 4.78 is 0. The topological polar surface area (TPSA) is 26.7 Å². The number of hydrogen-bond donors (Lipinski definition) is 1. The molecule has 0 radical (unpaired) electrons. The van der Waals surface area contributed by atoms with Crippen LogP contribution in [0.3, 0.4) is 0 Å². The van der Waals surface area contributed by atoms with E-state index in [4.69, 9.17) is 5.11 Å². The molecule has 3 nitrogen and oxygen atoms in total. The van der Waals surface area contributed by atoms with Crippen molar-refractivity contribution in [3.05, 3.63) is 24.3 Å². The van der Waals surface area contributed by atoms with Crippen molar-refractivity contribution in [2.45, 2.75) is 13.8 Å². The second kappa shape index (κ2) is 6.38. The molecule has 3 heteroatoms. The molecule has 0 saturated heterocycles. The van der Waals surface area contributed by atoms with Crippen LogP contribution < -0.4 is 9.80 Å². The molecule has 0 amide bonds. The molecule has 16 heavy (non-hydrogen) atoms. The molecule has 1 aromatic rings. The first kappa shape index (κ1) is 12.8. The maximum absolute atomic E-state index is 8.87. The molecule has 0 aliphatic heterocycles. The molecular formula is C13H22N2O. The maximum atomic E-state index is 8.87. The number of aliphatic hydroxyl groups is 1. The van der Waals surface area contributed by atoms with Crippen molar-refractivity contribution in [1.82, 2.24) is 0 Å². The Balaban J connectivity index is 2.74. The van der Waals surface area contributed by atoms with E-state index in [1.807, 2.05) is 11.9 Å². The molecule has 0 aromatic heterocycles. The van der Waals surface area contributed by atoms with Gasteiger partial charge in [0.15, 0.2) is 0 Å². The maximum Gasteiger partial charge on any atom is 0.0606 e. The van der Waals surface area contributed by atoms with Crippen LogP contribution in [0.25, 0.3) is 0 Å². The van der Waals surface area contributed by atoms with Crippen LogP contribution in [0.4, 0.5) is 11.4 Å². The number of rotatable bonds is 6. The summed E-state index contributed by atoms with van der Waals surface area (Å²) in [5.41, 5.74) is 2.40. The van der Waals surface area contributed by atoms with Crippen LogP contribution in [-0.2, 0) is 0 Å². The molecule has 0 heterocycles. The summed E-state index contributed by atoms with van der Waals surface area (Å²) in [4.78, 5) is 4.36. The second-order valence-corrected chi connectivity index (χ2v) is 3.83. The van der Waals surface area contributed by atoms with Gasteiger partial charge in [0.2, 0.25) is 0 Å². The predicted molar refractivity (Wildman–Crippen MR) is 70.4 cm³/mol. The minimum Gasteiger partial charge on any atom is -0.395 e. The summed E-state index contributed by atoms with van der Waals surface area (Å²) >= 11 is 0. The fourth-order valence-corrected chi connectivity index (χ4v) is 1.79. The third-order valence-corrected chi connectivity index (χ3v) is 2.85. The van der Waals surface area contributed by atoms with Gasteiger partial charge in [0.25, 0.3) is 0 Å². The number of anilines is 2. The molecule has 1 aromatic carbocycles. The van der Waals surface area contributed by atoms with Gasteiger partial charge >= 0.3 is 0 Å². The predicted octanol–water partition coefficient (Wildman–Crippen LogP) is 1.96. The minimum atomic E-state index is 0.189. The lowest BCUT2D eigenvalue weighted by Crippen LogP contribution is -2.23. The van der Waals surface area contributed by atoms with Gasteiger partial charge in [-0.2, -0.15) is 0 Å². The van der Waals surface area contributed by atoms with E-state index >= 15 is 0 Å². The lowest BCUT2D eigenvalue weighted by atomic mass is 10.2. The van der Waals surface area contributed by atoms with Crippen molar-refractivity contribution < 1.29 is 5.11 Å². The van der Waals surface area contributed by atoms with Crippen molar-refractivity contribution in [3.8, 4) is 0 Å². The Kier molecular flexibility index (Phi) is 5.12. The van der Waals surface area contributed by atoms with Crippen molar-refractivity contribution in [2.24, 2.45) is 0 Å². The van der Waals surface area contributed by atoms with Crippen LogP contribution in [0, 0.1) is 0 Å². The van der Waals surface area contributed by atoms with Gasteiger partial charge in [-0.15, -0.1) is 0 Å². The molecule has 1 N–H and O–H groups in total. The van der Waals surface area contributed by atoms with Gasteiger partial charge in [-0.25, -0.2) is 0 Å². The first-order chi connectivity index (χ1) is 7.72. The van der Waals surface area contributed by atoms with Crippen molar-refractivity contribution in [1.29, 1.82) is 0 Å². The number of nitrogens with zero attached hydrogens (tertiary/aromatic N) is 2. The fourth-order valence-electron chi connectivity index (χ4n) is 1.79. The van der Waals surface area contributed by atoms with Crippen LogP contribution >= 0.6 is 0 Å². The van der Waals surface area contributed by atoms with E-state index in [-0.39, 0.29) is 6.61 Å². The normalized spacial score (nSPS) is 10.2. The fraction of sp³-hybridized carbons (Fsp3) is 0.538. The van der Waals surface area contributed by atoms with E-state index in [9.17, 15) is 0 Å². The summed E-state index contributed by atoms with van der Waals surface area (Å²) in [5.74, 6) is 0. The zero-order valence-electron chi connectivity index (χ0n) is 10.5. The third-order valence-electron chi connectivity index (χ3n) is 2.85. The summed E-state index contributed by atoms with van der Waals surface area (Å²) in [7, 11) is 1.99. The molecule has 0 bridgehead atoms. The molecule has 0 fully saturated rings. The van der Waals surface area contributed by atoms with Gasteiger partial charge in [-0.1, -0.05) is 0 Å². The average molecular weight is 222 g/mol. The van der Waals surface area contributed by atoms with Crippen molar-refractivity contribution >= 4 is 11.4 Å². The highest BCUT2D eigenvalue weighted by Crippen LogP contribution is 2.19. The van der Waals surface area contributed by atoms with E-state index in [2.05, 4.69) is 43.0 Å². The largest absolute Gasteiger partial charge is 0.395 e. The Hall–Kier alpha value is -1.22. The molecule has 0 spiro atoms. The highest BCUT2D eigenvalue weighted by molar-refractivity contribution is 5.56. The molecule has 0 aliphatic rings. The second-order valence-electron chi connectivity index (χ2n) is 3.83. The Labute approximate surface area is 98.3 Å². The SMILES string of the molecule is CCN(CC)c1ccc(N(C)CCO)cc1. The number of benzene rings is 1. The Morgan fingerprint density at radius 3 is 1.94 bits per heavy atom. The molecule has 0 saturated carbocycles. The minimum absolute atomic E-state index is 0.189. The molecule has 0 aliphatic carbocycles. The van der Waals surface area contributed by atoms with E-state index in [1.54, 1.807) is 0 Å². The van der Waals surface area contributed by atoms with Crippen LogP contribution in [0.1, 0.15) is 13.8 Å². The molecule has 0 atom stereocenters. The van der Waals surface area contributed by atoms with Crippen LogP contribution in [0.2, 0.25) is 0 Å². The molecular weight excluding hydrogens is 200 g/mol. The summed E-state index contributed by atoms with van der Waals surface area (Å²) in [6.07, 6.45) is 0. The number of hydrogen-bond acceptors (Lipinski definition) is 3. The number of aliphatic hydroxyl groups excluding tert-OH is 1. The zero-order valence-corrected chi connectivity index (χ0v) is 10.5. The van der Waals surface area contributed by atoms with Crippen LogP contribution in [-0.4, -0.2) is 38.4 Å². The first-order valence-corrected chi connectivity index (χ1v) is 5.89. The summed E-state index contributed by atoms with van der Waals surface area (Å²) in [5, 5.41) is 8.87. The van der Waals surface area contributed by atoms with Gasteiger partial charge < -0.3 is 14.9 Å². The quantitative estimate of drug-likeness (QED) is 0.797. The lowest BCUT2D eigenvalue weighted by Gasteiger charge is -2.23.